The third kappa shape index (κ3) is 4.20. The molecule has 2 unspecified atom stereocenters. The van der Waals surface area contributed by atoms with E-state index >= 15 is 0 Å². The molecule has 2 aliphatic rings. The number of benzene rings is 1. The van der Waals surface area contributed by atoms with Crippen LogP contribution >= 0.6 is 11.8 Å². The molecule has 25 heavy (non-hydrogen) atoms. The first-order valence-corrected chi connectivity index (χ1v) is 10.4. The standard InChI is InChI=1S/C20H28N2O2S/c1-3-25-17-6-4-5-12-21(14-17)19(23)18-11-13-22(20(18)24)16-9-7-15(2)8-10-16/h7-10,17-18H,3-6,11-14H2,1-2H3. The monoisotopic (exact) mass is 360 g/mol. The average Bonchev–Trinajstić information content (AvgIpc) is 2.83. The lowest BCUT2D eigenvalue weighted by molar-refractivity contribution is -0.139. The van der Waals surface area contributed by atoms with Crippen molar-refractivity contribution in [2.24, 2.45) is 5.92 Å². The van der Waals surface area contributed by atoms with Gasteiger partial charge in [0.05, 0.1) is 0 Å². The number of hydrogen-bond acceptors (Lipinski definition) is 3. The first-order valence-electron chi connectivity index (χ1n) is 9.38. The van der Waals surface area contributed by atoms with E-state index in [9.17, 15) is 9.59 Å². The molecule has 0 spiro atoms. The van der Waals surface area contributed by atoms with Crippen LogP contribution in [0.3, 0.4) is 0 Å². The fourth-order valence-electron chi connectivity index (χ4n) is 3.79. The topological polar surface area (TPSA) is 40.6 Å². The smallest absolute Gasteiger partial charge is 0.239 e. The lowest BCUT2D eigenvalue weighted by Crippen LogP contribution is -2.42. The van der Waals surface area contributed by atoms with Gasteiger partial charge in [0, 0.05) is 30.6 Å². The van der Waals surface area contributed by atoms with Gasteiger partial charge in [-0.05, 0) is 44.1 Å². The van der Waals surface area contributed by atoms with Crippen LogP contribution in [0.25, 0.3) is 0 Å². The van der Waals surface area contributed by atoms with Crippen LogP contribution in [0, 0.1) is 12.8 Å². The van der Waals surface area contributed by atoms with E-state index in [1.54, 1.807) is 4.90 Å². The van der Waals surface area contributed by atoms with Crippen molar-refractivity contribution in [2.75, 3.05) is 30.3 Å². The van der Waals surface area contributed by atoms with Gasteiger partial charge in [-0.1, -0.05) is 31.0 Å². The van der Waals surface area contributed by atoms with Crippen LogP contribution < -0.4 is 4.90 Å². The summed E-state index contributed by atoms with van der Waals surface area (Å²) in [5.41, 5.74) is 2.08. The Morgan fingerprint density at radius 3 is 2.64 bits per heavy atom. The highest BCUT2D eigenvalue weighted by atomic mass is 32.2. The van der Waals surface area contributed by atoms with Crippen LogP contribution in [0.5, 0.6) is 0 Å². The highest BCUT2D eigenvalue weighted by molar-refractivity contribution is 7.99. The van der Waals surface area contributed by atoms with Crippen molar-refractivity contribution in [1.29, 1.82) is 0 Å². The summed E-state index contributed by atoms with van der Waals surface area (Å²) in [7, 11) is 0. The molecule has 0 N–H and O–H groups in total. The second-order valence-corrected chi connectivity index (χ2v) is 8.60. The number of hydrogen-bond donors (Lipinski definition) is 0. The molecule has 4 nitrogen and oxygen atoms in total. The largest absolute Gasteiger partial charge is 0.341 e. The molecule has 136 valence electrons. The molecule has 0 radical (unpaired) electrons. The van der Waals surface area contributed by atoms with Crippen molar-refractivity contribution < 1.29 is 9.59 Å². The fourth-order valence-corrected chi connectivity index (χ4v) is 4.88. The zero-order chi connectivity index (χ0) is 17.8. The molecule has 2 heterocycles. The van der Waals surface area contributed by atoms with E-state index in [2.05, 4.69) is 6.92 Å². The van der Waals surface area contributed by atoms with E-state index in [1.165, 1.54) is 18.4 Å². The van der Waals surface area contributed by atoms with E-state index < -0.39 is 5.92 Å². The summed E-state index contributed by atoms with van der Waals surface area (Å²) in [5.74, 6) is 0.601. The number of likely N-dealkylation sites (tertiary alicyclic amines) is 1. The Bertz CT molecular complexity index is 617. The van der Waals surface area contributed by atoms with Crippen LogP contribution in [0.1, 0.15) is 38.2 Å². The van der Waals surface area contributed by atoms with Crippen LogP contribution in [0.4, 0.5) is 5.69 Å². The van der Waals surface area contributed by atoms with Crippen LogP contribution in [0.15, 0.2) is 24.3 Å². The molecule has 1 aromatic carbocycles. The maximum absolute atomic E-state index is 13.0. The predicted molar refractivity (Wildman–Crippen MR) is 104 cm³/mol. The van der Waals surface area contributed by atoms with E-state index in [0.29, 0.717) is 18.2 Å². The highest BCUT2D eigenvalue weighted by Gasteiger charge is 2.40. The average molecular weight is 361 g/mol. The quantitative estimate of drug-likeness (QED) is 0.772. The lowest BCUT2D eigenvalue weighted by atomic mass is 10.1. The van der Waals surface area contributed by atoms with Gasteiger partial charge in [0.15, 0.2) is 0 Å². The Hall–Kier alpha value is -1.49. The van der Waals surface area contributed by atoms with Crippen molar-refractivity contribution in [1.82, 2.24) is 4.90 Å². The van der Waals surface area contributed by atoms with Gasteiger partial charge in [-0.25, -0.2) is 0 Å². The van der Waals surface area contributed by atoms with Crippen molar-refractivity contribution in [3.63, 3.8) is 0 Å². The summed E-state index contributed by atoms with van der Waals surface area (Å²) in [6, 6.07) is 7.97. The molecule has 2 fully saturated rings. The Labute approximate surface area is 154 Å². The number of thioether (sulfide) groups is 1. The molecular weight excluding hydrogens is 332 g/mol. The summed E-state index contributed by atoms with van der Waals surface area (Å²) in [6.07, 6.45) is 4.04. The zero-order valence-electron chi connectivity index (χ0n) is 15.2. The molecular formula is C20H28N2O2S. The fraction of sp³-hybridized carbons (Fsp3) is 0.600. The Morgan fingerprint density at radius 1 is 1.16 bits per heavy atom. The molecule has 3 rings (SSSR count). The second kappa shape index (κ2) is 8.26. The lowest BCUT2D eigenvalue weighted by Gasteiger charge is -2.26. The van der Waals surface area contributed by atoms with Gasteiger partial charge in [-0.3, -0.25) is 9.59 Å². The molecule has 0 bridgehead atoms. The van der Waals surface area contributed by atoms with Gasteiger partial charge in [0.2, 0.25) is 11.8 Å². The Kier molecular flexibility index (Phi) is 6.05. The predicted octanol–water partition coefficient (Wildman–Crippen LogP) is 3.48. The number of nitrogens with zero attached hydrogens (tertiary/aromatic N) is 2. The first kappa shape index (κ1) is 18.3. The summed E-state index contributed by atoms with van der Waals surface area (Å²) in [5, 5.41) is 0.515. The minimum absolute atomic E-state index is 0.0298. The van der Waals surface area contributed by atoms with E-state index in [1.807, 2.05) is 47.9 Å². The summed E-state index contributed by atoms with van der Waals surface area (Å²) < 4.78 is 0. The number of aryl methyl sites for hydroxylation is 1. The molecule has 1 aromatic rings. The number of rotatable bonds is 4. The van der Waals surface area contributed by atoms with Crippen LogP contribution in [-0.2, 0) is 9.59 Å². The highest BCUT2D eigenvalue weighted by Crippen LogP contribution is 2.29. The summed E-state index contributed by atoms with van der Waals surface area (Å²) in [4.78, 5) is 29.6. The zero-order valence-corrected chi connectivity index (χ0v) is 16.1. The molecule has 5 heteroatoms. The third-order valence-electron chi connectivity index (χ3n) is 5.19. The van der Waals surface area contributed by atoms with E-state index in [4.69, 9.17) is 0 Å². The first-order chi connectivity index (χ1) is 12.1. The van der Waals surface area contributed by atoms with Gasteiger partial charge in [-0.15, -0.1) is 0 Å². The van der Waals surface area contributed by atoms with E-state index in [0.717, 1.165) is 31.0 Å². The second-order valence-electron chi connectivity index (χ2n) is 7.02. The summed E-state index contributed by atoms with van der Waals surface area (Å²) in [6.45, 7) is 6.44. The van der Waals surface area contributed by atoms with Crippen molar-refractivity contribution in [2.45, 2.75) is 44.8 Å². The third-order valence-corrected chi connectivity index (χ3v) is 6.38. The number of carbonyl (C=O) groups excluding carboxylic acids is 2. The van der Waals surface area contributed by atoms with Crippen LogP contribution in [-0.4, -0.2) is 47.4 Å². The van der Waals surface area contributed by atoms with Gasteiger partial charge < -0.3 is 9.80 Å². The van der Waals surface area contributed by atoms with Gasteiger partial charge in [0.25, 0.3) is 0 Å². The molecule has 2 atom stereocenters. The van der Waals surface area contributed by atoms with E-state index in [-0.39, 0.29) is 11.8 Å². The molecule has 0 aromatic heterocycles. The molecule has 2 aliphatic heterocycles. The van der Waals surface area contributed by atoms with Crippen molar-refractivity contribution in [3.8, 4) is 0 Å². The summed E-state index contributed by atoms with van der Waals surface area (Å²) >= 11 is 1.94. The Balaban J connectivity index is 1.68. The molecule has 2 amide bonds. The van der Waals surface area contributed by atoms with Gasteiger partial charge in [0.1, 0.15) is 5.92 Å². The van der Waals surface area contributed by atoms with Crippen LogP contribution in [0.2, 0.25) is 0 Å². The molecule has 0 aliphatic carbocycles. The SMILES string of the molecule is CCSC1CCCCN(C(=O)C2CCN(c3ccc(C)cc3)C2=O)C1. The maximum Gasteiger partial charge on any atom is 0.239 e. The maximum atomic E-state index is 13.0. The minimum atomic E-state index is -0.494. The molecule has 2 saturated heterocycles. The minimum Gasteiger partial charge on any atom is -0.341 e. The Morgan fingerprint density at radius 2 is 1.92 bits per heavy atom. The van der Waals surface area contributed by atoms with Crippen molar-refractivity contribution in [3.05, 3.63) is 29.8 Å². The number of carbonyl (C=O) groups is 2. The normalized spacial score (nSPS) is 24.5. The van der Waals surface area contributed by atoms with Crippen molar-refractivity contribution >= 4 is 29.3 Å². The molecule has 0 saturated carbocycles. The number of amides is 2. The number of anilines is 1. The van der Waals surface area contributed by atoms with Gasteiger partial charge >= 0.3 is 0 Å². The van der Waals surface area contributed by atoms with Gasteiger partial charge in [-0.2, -0.15) is 11.8 Å².